The zero-order valence-corrected chi connectivity index (χ0v) is 10.6. The molecule has 0 aromatic rings. The largest absolute Gasteiger partial charge is 0.372 e. The third-order valence-electron chi connectivity index (χ3n) is 3.01. The van der Waals surface area contributed by atoms with Crippen LogP contribution in [0, 0.1) is 10.1 Å². The minimum atomic E-state index is -0.767. The first-order valence-electron chi connectivity index (χ1n) is 5.88. The van der Waals surface area contributed by atoms with Gasteiger partial charge in [0.1, 0.15) is 12.2 Å². The van der Waals surface area contributed by atoms with Gasteiger partial charge in [-0.3, -0.25) is 0 Å². The molecule has 2 fully saturated rings. The van der Waals surface area contributed by atoms with Crippen LogP contribution in [-0.2, 0) is 14.3 Å². The van der Waals surface area contributed by atoms with Crippen molar-refractivity contribution in [3.05, 3.63) is 10.1 Å². The summed E-state index contributed by atoms with van der Waals surface area (Å²) in [6.07, 6.45) is 1.45. The molecule has 98 valence electrons. The third-order valence-corrected chi connectivity index (χ3v) is 4.37. The number of hydrogen-bond donors (Lipinski definition) is 0. The van der Waals surface area contributed by atoms with Gasteiger partial charge in [0, 0.05) is 0 Å². The summed E-state index contributed by atoms with van der Waals surface area (Å²) in [6.45, 7) is 3.00. The lowest BCUT2D eigenvalue weighted by Crippen LogP contribution is -2.33. The second kappa shape index (κ2) is 5.88. The smallest absolute Gasteiger partial charge is 0.294 e. The van der Waals surface area contributed by atoms with E-state index < -0.39 is 11.2 Å². The van der Waals surface area contributed by atoms with E-state index in [1.807, 2.05) is 11.8 Å². The molecule has 7 heteroatoms. The van der Waals surface area contributed by atoms with E-state index in [0.717, 1.165) is 5.75 Å². The van der Waals surface area contributed by atoms with Gasteiger partial charge in [0.2, 0.25) is 0 Å². The van der Waals surface area contributed by atoms with Gasteiger partial charge >= 0.3 is 0 Å². The van der Waals surface area contributed by atoms with Crippen LogP contribution in [0.15, 0.2) is 0 Å². The second-order valence-electron chi connectivity index (χ2n) is 4.23. The summed E-state index contributed by atoms with van der Waals surface area (Å²) < 4.78 is 11.1. The van der Waals surface area contributed by atoms with Crippen molar-refractivity contribution in [3.8, 4) is 0 Å². The summed E-state index contributed by atoms with van der Waals surface area (Å²) in [4.78, 5) is 14.9. The molecule has 2 rings (SSSR count). The van der Waals surface area contributed by atoms with Crippen molar-refractivity contribution < 1.29 is 19.4 Å². The number of rotatable bonds is 6. The molecule has 0 N–H and O–H groups in total. The summed E-state index contributed by atoms with van der Waals surface area (Å²) in [5, 5.41) is 9.82. The Morgan fingerprint density at radius 2 is 2.18 bits per heavy atom. The standard InChI is InChI=1S/C10H17NO5S/c1-2-3-4-17-8-6-15-9-7(16-11(12)13)5-14-10(8)9/h7-10H,2-6H2,1H3. The molecule has 2 aliphatic rings. The highest BCUT2D eigenvalue weighted by atomic mass is 32.2. The fourth-order valence-corrected chi connectivity index (χ4v) is 3.51. The maximum atomic E-state index is 10.3. The van der Waals surface area contributed by atoms with Gasteiger partial charge in [-0.25, -0.2) is 0 Å². The van der Waals surface area contributed by atoms with Crippen LogP contribution < -0.4 is 0 Å². The molecule has 0 aromatic carbocycles. The maximum absolute atomic E-state index is 10.3. The number of ether oxygens (including phenoxy) is 2. The van der Waals surface area contributed by atoms with Crippen LogP contribution in [0.5, 0.6) is 0 Å². The molecular weight excluding hydrogens is 246 g/mol. The first-order chi connectivity index (χ1) is 8.22. The van der Waals surface area contributed by atoms with Crippen LogP contribution in [0.3, 0.4) is 0 Å². The lowest BCUT2D eigenvalue weighted by Gasteiger charge is -2.15. The van der Waals surface area contributed by atoms with E-state index in [1.54, 1.807) is 0 Å². The number of fused-ring (bicyclic) bond motifs is 1. The molecular formula is C10H17NO5S. The molecule has 4 unspecified atom stereocenters. The SMILES string of the molecule is CCCCSC1COC2C(O[N+](=O)[O-])COC12. The molecule has 0 amide bonds. The van der Waals surface area contributed by atoms with E-state index in [4.69, 9.17) is 9.47 Å². The Morgan fingerprint density at radius 1 is 1.41 bits per heavy atom. The molecule has 0 saturated carbocycles. The van der Waals surface area contributed by atoms with Crippen molar-refractivity contribution in [2.75, 3.05) is 19.0 Å². The number of nitrogens with zero attached hydrogens (tertiary/aromatic N) is 1. The van der Waals surface area contributed by atoms with Crippen molar-refractivity contribution >= 4 is 11.8 Å². The predicted molar refractivity (Wildman–Crippen MR) is 62.5 cm³/mol. The van der Waals surface area contributed by atoms with Crippen molar-refractivity contribution in [1.29, 1.82) is 0 Å². The normalized spacial score (nSPS) is 35.8. The van der Waals surface area contributed by atoms with Crippen LogP contribution in [0.1, 0.15) is 19.8 Å². The molecule has 4 atom stereocenters. The zero-order chi connectivity index (χ0) is 12.3. The molecule has 0 bridgehead atoms. The quantitative estimate of drug-likeness (QED) is 0.408. The Kier molecular flexibility index (Phi) is 4.47. The molecule has 6 nitrogen and oxygen atoms in total. The molecule has 0 aliphatic carbocycles. The zero-order valence-electron chi connectivity index (χ0n) is 9.74. The van der Waals surface area contributed by atoms with Gasteiger partial charge in [0.05, 0.1) is 18.5 Å². The van der Waals surface area contributed by atoms with Crippen molar-refractivity contribution in [2.45, 2.75) is 43.3 Å². The summed E-state index contributed by atoms with van der Waals surface area (Å²) >= 11 is 1.83. The summed E-state index contributed by atoms with van der Waals surface area (Å²) in [5.74, 6) is 1.08. The van der Waals surface area contributed by atoms with E-state index in [0.29, 0.717) is 6.61 Å². The highest BCUT2D eigenvalue weighted by Gasteiger charge is 2.49. The molecule has 0 radical (unpaired) electrons. The van der Waals surface area contributed by atoms with Gasteiger partial charge < -0.3 is 14.3 Å². The van der Waals surface area contributed by atoms with Gasteiger partial charge in [0.25, 0.3) is 5.09 Å². The van der Waals surface area contributed by atoms with Gasteiger partial charge in [-0.1, -0.05) is 13.3 Å². The lowest BCUT2D eigenvalue weighted by molar-refractivity contribution is -0.769. The van der Waals surface area contributed by atoms with Gasteiger partial charge in [-0.2, -0.15) is 11.8 Å². The minimum Gasteiger partial charge on any atom is -0.372 e. The Morgan fingerprint density at radius 3 is 2.88 bits per heavy atom. The maximum Gasteiger partial charge on any atom is 0.294 e. The lowest BCUT2D eigenvalue weighted by atomic mass is 10.1. The summed E-state index contributed by atoms with van der Waals surface area (Å²) in [6, 6.07) is 0. The Balaban J connectivity index is 1.82. The molecule has 2 aliphatic heterocycles. The Hall–Kier alpha value is -0.530. The van der Waals surface area contributed by atoms with E-state index in [2.05, 4.69) is 11.8 Å². The molecule has 0 spiro atoms. The van der Waals surface area contributed by atoms with Crippen LogP contribution in [0.2, 0.25) is 0 Å². The predicted octanol–water partition coefficient (Wildman–Crippen LogP) is 1.26. The first kappa shape index (κ1) is 12.9. The average Bonchev–Trinajstić information content (AvgIpc) is 2.83. The number of thioether (sulfide) groups is 1. The van der Waals surface area contributed by atoms with Crippen LogP contribution in [0.4, 0.5) is 0 Å². The van der Waals surface area contributed by atoms with Crippen LogP contribution in [0.25, 0.3) is 0 Å². The highest BCUT2D eigenvalue weighted by molar-refractivity contribution is 8.00. The molecule has 2 saturated heterocycles. The van der Waals surface area contributed by atoms with Gasteiger partial charge in [-0.05, 0) is 12.2 Å². The van der Waals surface area contributed by atoms with Gasteiger partial charge in [-0.15, -0.1) is 10.1 Å². The second-order valence-corrected chi connectivity index (χ2v) is 5.57. The number of unbranched alkanes of at least 4 members (excludes halogenated alkanes) is 1. The van der Waals surface area contributed by atoms with Crippen molar-refractivity contribution in [1.82, 2.24) is 0 Å². The summed E-state index contributed by atoms with van der Waals surface area (Å²) in [5.41, 5.74) is 0. The first-order valence-corrected chi connectivity index (χ1v) is 6.93. The number of hydrogen-bond acceptors (Lipinski definition) is 6. The Bertz CT molecular complexity index is 277. The minimum absolute atomic E-state index is 0.0539. The van der Waals surface area contributed by atoms with E-state index in [1.165, 1.54) is 12.8 Å². The molecule has 17 heavy (non-hydrogen) atoms. The van der Waals surface area contributed by atoms with Crippen LogP contribution >= 0.6 is 11.8 Å². The average molecular weight is 263 g/mol. The third kappa shape index (κ3) is 3.02. The molecule has 0 aromatic heterocycles. The highest BCUT2D eigenvalue weighted by Crippen LogP contribution is 2.35. The fraction of sp³-hybridized carbons (Fsp3) is 1.00. The van der Waals surface area contributed by atoms with Crippen molar-refractivity contribution in [2.24, 2.45) is 0 Å². The topological polar surface area (TPSA) is 70.8 Å². The van der Waals surface area contributed by atoms with Crippen LogP contribution in [-0.4, -0.2) is 47.6 Å². The van der Waals surface area contributed by atoms with Gasteiger partial charge in [0.15, 0.2) is 6.10 Å². The Labute approximate surface area is 104 Å². The van der Waals surface area contributed by atoms with E-state index in [-0.39, 0.29) is 24.1 Å². The summed E-state index contributed by atoms with van der Waals surface area (Å²) in [7, 11) is 0. The van der Waals surface area contributed by atoms with Crippen molar-refractivity contribution in [3.63, 3.8) is 0 Å². The fourth-order valence-electron chi connectivity index (χ4n) is 2.15. The van der Waals surface area contributed by atoms with E-state index >= 15 is 0 Å². The monoisotopic (exact) mass is 263 g/mol. The van der Waals surface area contributed by atoms with E-state index in [9.17, 15) is 10.1 Å². The molecule has 2 heterocycles.